The highest BCUT2D eigenvalue weighted by atomic mass is 32.1. The lowest BCUT2D eigenvalue weighted by molar-refractivity contribution is 0.687. The summed E-state index contributed by atoms with van der Waals surface area (Å²) in [6.45, 7) is 0. The molecule has 0 saturated heterocycles. The second-order valence-corrected chi connectivity index (χ2v) is 20.9. The van der Waals surface area contributed by atoms with Crippen LogP contribution in [-0.2, 0) is 0 Å². The van der Waals surface area contributed by atoms with Crippen LogP contribution in [0.25, 0.3) is 117 Å². The minimum Gasteiger partial charge on any atom is -0.135 e. The molecule has 0 N–H and O–H groups in total. The monoisotopic (exact) mass is 922 g/mol. The van der Waals surface area contributed by atoms with Gasteiger partial charge in [0.05, 0.1) is 0 Å². The number of fused-ring (bicyclic) bond motifs is 13. The maximum atomic E-state index is 2.63. The zero-order chi connectivity index (χ0) is 45.9. The molecule has 0 amide bonds. The van der Waals surface area contributed by atoms with Crippen LogP contribution in [0.15, 0.2) is 243 Å². The first-order valence-electron chi connectivity index (χ1n) is 24.3. The molecule has 11 aromatic carbocycles. The first kappa shape index (κ1) is 39.8. The van der Waals surface area contributed by atoms with Gasteiger partial charge < -0.3 is 0 Å². The molecule has 0 nitrogen and oxygen atoms in total. The summed E-state index contributed by atoms with van der Waals surface area (Å²) in [7, 11) is 0. The van der Waals surface area contributed by atoms with Gasteiger partial charge in [0, 0.05) is 68.7 Å². The van der Waals surface area contributed by atoms with E-state index in [0.717, 1.165) is 0 Å². The Balaban J connectivity index is 1.22. The van der Waals surface area contributed by atoms with Crippen molar-refractivity contribution in [3.05, 3.63) is 264 Å². The highest BCUT2D eigenvalue weighted by molar-refractivity contribution is 7.27. The smallest absolute Gasteiger partial charge is 0.0443 e. The average Bonchev–Trinajstić information content (AvgIpc) is 4.02. The molecule has 0 bridgehead atoms. The van der Waals surface area contributed by atoms with Gasteiger partial charge in [0.1, 0.15) is 0 Å². The van der Waals surface area contributed by atoms with E-state index < -0.39 is 0 Å². The Bertz CT molecular complexity index is 4450. The Morgan fingerprint density at radius 1 is 0.286 bits per heavy atom. The molecule has 0 aliphatic heterocycles. The third kappa shape index (κ3) is 5.75. The lowest BCUT2D eigenvalue weighted by Crippen LogP contribution is -2.40. The van der Waals surface area contributed by atoms with Crippen molar-refractivity contribution < 1.29 is 0 Å². The summed E-state index contributed by atoms with van der Waals surface area (Å²) < 4.78 is 5.31. The molecule has 2 aromatic heterocycles. The molecule has 326 valence electrons. The Morgan fingerprint density at radius 2 is 0.700 bits per heavy atom. The van der Waals surface area contributed by atoms with Crippen molar-refractivity contribution in [3.8, 4) is 33.4 Å². The summed E-state index contributed by atoms with van der Waals surface area (Å²) >= 11 is 3.92. The molecule has 0 radical (unpaired) electrons. The van der Waals surface area contributed by atoms with E-state index in [9.17, 15) is 0 Å². The predicted molar refractivity (Wildman–Crippen MR) is 303 cm³/mol. The molecule has 70 heavy (non-hydrogen) atoms. The second-order valence-electron chi connectivity index (χ2n) is 18.8. The van der Waals surface area contributed by atoms with Gasteiger partial charge in [0.15, 0.2) is 0 Å². The van der Waals surface area contributed by atoms with Crippen molar-refractivity contribution in [2.75, 3.05) is 0 Å². The Labute approximate surface area is 413 Å². The zero-order valence-electron chi connectivity index (χ0n) is 38.1. The molecule has 13 aromatic rings. The van der Waals surface area contributed by atoms with Crippen LogP contribution in [-0.4, -0.2) is 0 Å². The highest BCUT2D eigenvalue weighted by Gasteiger charge is 2.36. The molecule has 2 aliphatic rings. The maximum absolute atomic E-state index is 2.63. The number of allylic oxidation sites excluding steroid dienone is 4. The van der Waals surface area contributed by atoms with Gasteiger partial charge in [0.2, 0.25) is 0 Å². The zero-order valence-corrected chi connectivity index (χ0v) is 39.7. The fourth-order valence-electron chi connectivity index (χ4n) is 12.5. The minimum absolute atomic E-state index is 0.104. The summed E-state index contributed by atoms with van der Waals surface area (Å²) in [6, 6.07) is 82.0. The second kappa shape index (κ2) is 15.7. The largest absolute Gasteiger partial charge is 0.135 e. The number of hydrogen-bond acceptors (Lipinski definition) is 2. The fraction of sp³-hybridized carbons (Fsp3) is 0.0294. The van der Waals surface area contributed by atoms with Crippen molar-refractivity contribution in [2.24, 2.45) is 11.8 Å². The topological polar surface area (TPSA) is 0 Å². The Morgan fingerprint density at radius 3 is 1.27 bits per heavy atom. The van der Waals surface area contributed by atoms with E-state index in [1.807, 2.05) is 22.7 Å². The van der Waals surface area contributed by atoms with Crippen LogP contribution < -0.4 is 10.4 Å². The van der Waals surface area contributed by atoms with Crippen molar-refractivity contribution in [1.29, 1.82) is 0 Å². The van der Waals surface area contributed by atoms with Crippen molar-refractivity contribution in [3.63, 3.8) is 0 Å². The molecule has 2 heterocycles. The molecule has 2 heteroatoms. The van der Waals surface area contributed by atoms with E-state index >= 15 is 0 Å². The molecule has 15 rings (SSSR count). The molecule has 0 fully saturated rings. The SMILES string of the molecule is C1=CC2C(c3ccccc3)=c3ccccc3=C(c3c(-c4ccccc4)c4cc(-c5c6ccccc6c(-c6ccccc6)c6ccccc56)c5sc6ccccc6c5c4c4c3sc3ccccc34)C2C=C1. The van der Waals surface area contributed by atoms with Crippen LogP contribution in [0.3, 0.4) is 0 Å². The summed E-state index contributed by atoms with van der Waals surface area (Å²) in [5.41, 5.74) is 13.1. The summed E-state index contributed by atoms with van der Waals surface area (Å²) in [6.07, 6.45) is 9.51. The first-order chi connectivity index (χ1) is 34.8. The standard InChI is InChI=1S/C68H42S2/c1-4-22-41(23-5-1)58-44-28-10-14-32-48(44)61(49-33-15-11-29-45(49)58)55-40-54-60(43-26-8-3-9-27-43)66(62-50-34-16-12-30-46(50)59(42-24-6-2-7-25-42)47-31-13-17-35-51(47)62)68-65(53-37-19-21-39-57(53)70-68)63(54)64-52-36-18-20-38-56(52)69-67(55)64/h1-40,46,50H. The Hall–Kier alpha value is -8.14. The number of hydrogen-bond donors (Lipinski definition) is 0. The van der Waals surface area contributed by atoms with Crippen molar-refractivity contribution >= 4 is 106 Å². The first-order valence-corrected chi connectivity index (χ1v) is 26.0. The third-order valence-electron chi connectivity index (χ3n) is 15.2. The molecule has 2 aliphatic carbocycles. The van der Waals surface area contributed by atoms with Gasteiger partial charge >= 0.3 is 0 Å². The highest BCUT2D eigenvalue weighted by Crippen LogP contribution is 2.57. The van der Waals surface area contributed by atoms with Gasteiger partial charge in [-0.1, -0.05) is 224 Å². The van der Waals surface area contributed by atoms with Crippen LogP contribution in [0.2, 0.25) is 0 Å². The van der Waals surface area contributed by atoms with Crippen LogP contribution in [0.4, 0.5) is 0 Å². The Kier molecular flexibility index (Phi) is 8.93. The third-order valence-corrected chi connectivity index (χ3v) is 17.6. The van der Waals surface area contributed by atoms with E-state index in [2.05, 4.69) is 243 Å². The molecular weight excluding hydrogens is 881 g/mol. The molecule has 0 saturated carbocycles. The quantitative estimate of drug-likeness (QED) is 0.151. The van der Waals surface area contributed by atoms with Crippen LogP contribution in [0.5, 0.6) is 0 Å². The number of thiophene rings is 2. The van der Waals surface area contributed by atoms with E-state index in [1.165, 1.54) is 139 Å². The van der Waals surface area contributed by atoms with Crippen molar-refractivity contribution in [2.45, 2.75) is 0 Å². The maximum Gasteiger partial charge on any atom is 0.0443 e. The van der Waals surface area contributed by atoms with E-state index in [4.69, 9.17) is 0 Å². The summed E-state index contributed by atoms with van der Waals surface area (Å²) in [5, 5.41) is 15.7. The van der Waals surface area contributed by atoms with Gasteiger partial charge in [-0.2, -0.15) is 0 Å². The van der Waals surface area contributed by atoms with Gasteiger partial charge in [-0.05, 0) is 100 Å². The van der Waals surface area contributed by atoms with Crippen LogP contribution >= 0.6 is 22.7 Å². The van der Waals surface area contributed by atoms with Gasteiger partial charge in [-0.3, -0.25) is 0 Å². The van der Waals surface area contributed by atoms with E-state index in [0.29, 0.717) is 0 Å². The fourth-order valence-corrected chi connectivity index (χ4v) is 15.0. The predicted octanol–water partition coefficient (Wildman–Crippen LogP) is 17.7. The summed E-state index contributed by atoms with van der Waals surface area (Å²) in [4.78, 5) is 0. The lowest BCUT2D eigenvalue weighted by atomic mass is 9.68. The number of benzene rings is 11. The van der Waals surface area contributed by atoms with Crippen LogP contribution in [0, 0.1) is 11.8 Å². The summed E-state index contributed by atoms with van der Waals surface area (Å²) in [5.74, 6) is 0.257. The van der Waals surface area contributed by atoms with E-state index in [-0.39, 0.29) is 11.8 Å². The molecular formula is C68H42S2. The lowest BCUT2D eigenvalue weighted by Gasteiger charge is -2.34. The van der Waals surface area contributed by atoms with E-state index in [1.54, 1.807) is 0 Å². The normalized spacial score (nSPS) is 15.5. The van der Waals surface area contributed by atoms with Crippen LogP contribution in [0.1, 0.15) is 11.1 Å². The van der Waals surface area contributed by atoms with Crippen molar-refractivity contribution in [1.82, 2.24) is 0 Å². The van der Waals surface area contributed by atoms with Gasteiger partial charge in [0.25, 0.3) is 0 Å². The molecule has 2 atom stereocenters. The molecule has 0 spiro atoms. The number of rotatable bonds is 5. The average molecular weight is 923 g/mol. The van der Waals surface area contributed by atoms with Gasteiger partial charge in [-0.25, -0.2) is 0 Å². The minimum atomic E-state index is 0.104. The van der Waals surface area contributed by atoms with Gasteiger partial charge in [-0.15, -0.1) is 22.7 Å². The molecule has 2 unspecified atom stereocenters.